The molecule has 0 atom stereocenters. The molecule has 24 heavy (non-hydrogen) atoms. The number of anilines is 1. The number of likely N-dealkylation sites (N-methyl/N-ethyl adjacent to an activating group) is 1. The van der Waals surface area contributed by atoms with Gasteiger partial charge in [0.25, 0.3) is 0 Å². The standard InChI is InChI=1S/C18H27N3O3/c1-13-8-9-16(24-3)15(10-13)20-17(22)11-19-18(23)12-21(2)14-6-4-5-7-14/h8-10,14H,4-7,11-12H2,1-3H3,(H,19,23)(H,20,22). The summed E-state index contributed by atoms with van der Waals surface area (Å²) in [6.07, 6.45) is 4.77. The summed E-state index contributed by atoms with van der Waals surface area (Å²) in [5, 5.41) is 5.45. The van der Waals surface area contributed by atoms with Crippen LogP contribution in [0.15, 0.2) is 18.2 Å². The van der Waals surface area contributed by atoms with Gasteiger partial charge in [-0.15, -0.1) is 0 Å². The Morgan fingerprint density at radius 3 is 2.62 bits per heavy atom. The zero-order chi connectivity index (χ0) is 17.5. The molecular formula is C18H27N3O3. The molecule has 2 rings (SSSR count). The Morgan fingerprint density at radius 1 is 1.25 bits per heavy atom. The summed E-state index contributed by atoms with van der Waals surface area (Å²) in [7, 11) is 3.52. The van der Waals surface area contributed by atoms with E-state index in [4.69, 9.17) is 4.74 Å². The maximum Gasteiger partial charge on any atom is 0.243 e. The van der Waals surface area contributed by atoms with Crippen LogP contribution in [0.1, 0.15) is 31.2 Å². The number of benzene rings is 1. The molecule has 0 unspecified atom stereocenters. The number of methoxy groups -OCH3 is 1. The molecule has 0 aliphatic heterocycles. The molecule has 1 fully saturated rings. The summed E-state index contributed by atoms with van der Waals surface area (Å²) in [5.41, 5.74) is 1.63. The van der Waals surface area contributed by atoms with Gasteiger partial charge >= 0.3 is 0 Å². The molecule has 1 aliphatic carbocycles. The van der Waals surface area contributed by atoms with Gasteiger partial charge in [-0.25, -0.2) is 0 Å². The molecule has 0 heterocycles. The van der Waals surface area contributed by atoms with Crippen LogP contribution in [0.2, 0.25) is 0 Å². The SMILES string of the molecule is COc1ccc(C)cc1NC(=O)CNC(=O)CN(C)C1CCCC1. The van der Waals surface area contributed by atoms with Gasteiger partial charge in [0, 0.05) is 6.04 Å². The Morgan fingerprint density at radius 2 is 1.96 bits per heavy atom. The molecule has 6 nitrogen and oxygen atoms in total. The highest BCUT2D eigenvalue weighted by Gasteiger charge is 2.21. The van der Waals surface area contributed by atoms with Crippen LogP contribution in [0.3, 0.4) is 0 Å². The van der Waals surface area contributed by atoms with Gasteiger partial charge in [0.15, 0.2) is 0 Å². The van der Waals surface area contributed by atoms with E-state index < -0.39 is 0 Å². The van der Waals surface area contributed by atoms with Gasteiger partial charge in [0.05, 0.1) is 25.9 Å². The highest BCUT2D eigenvalue weighted by atomic mass is 16.5. The van der Waals surface area contributed by atoms with Crippen molar-refractivity contribution in [2.24, 2.45) is 0 Å². The van der Waals surface area contributed by atoms with Crippen molar-refractivity contribution in [1.82, 2.24) is 10.2 Å². The normalized spacial score (nSPS) is 14.7. The number of hydrogen-bond donors (Lipinski definition) is 2. The lowest BCUT2D eigenvalue weighted by Crippen LogP contribution is -2.42. The second-order valence-corrected chi connectivity index (χ2v) is 6.38. The third-order valence-electron chi connectivity index (χ3n) is 4.42. The second kappa shape index (κ2) is 8.68. The van der Waals surface area contributed by atoms with Gasteiger partial charge in [-0.3, -0.25) is 14.5 Å². The first-order valence-corrected chi connectivity index (χ1v) is 8.41. The van der Waals surface area contributed by atoms with Crippen molar-refractivity contribution in [2.75, 3.05) is 32.6 Å². The number of hydrogen-bond acceptors (Lipinski definition) is 4. The van der Waals surface area contributed by atoms with Crippen LogP contribution in [0, 0.1) is 6.92 Å². The molecule has 2 amide bonds. The van der Waals surface area contributed by atoms with Crippen LogP contribution in [0.25, 0.3) is 0 Å². The van der Waals surface area contributed by atoms with Crippen LogP contribution in [-0.4, -0.2) is 50.0 Å². The largest absolute Gasteiger partial charge is 0.495 e. The average molecular weight is 333 g/mol. The maximum atomic E-state index is 12.0. The minimum absolute atomic E-state index is 0.0472. The van der Waals surface area contributed by atoms with Gasteiger partial charge in [0.2, 0.25) is 11.8 Å². The number of carbonyl (C=O) groups is 2. The second-order valence-electron chi connectivity index (χ2n) is 6.38. The summed E-state index contributed by atoms with van der Waals surface area (Å²) in [6.45, 7) is 2.22. The van der Waals surface area contributed by atoms with E-state index in [0.717, 1.165) is 18.4 Å². The molecule has 0 spiro atoms. The van der Waals surface area contributed by atoms with Gasteiger partial charge in [-0.1, -0.05) is 18.9 Å². The molecule has 0 radical (unpaired) electrons. The van der Waals surface area contributed by atoms with Gasteiger partial charge in [-0.2, -0.15) is 0 Å². The van der Waals surface area contributed by atoms with Crippen molar-refractivity contribution >= 4 is 17.5 Å². The predicted octanol–water partition coefficient (Wildman–Crippen LogP) is 1.93. The Kier molecular flexibility index (Phi) is 6.61. The zero-order valence-electron chi connectivity index (χ0n) is 14.7. The maximum absolute atomic E-state index is 12.0. The Hall–Kier alpha value is -2.08. The first-order valence-electron chi connectivity index (χ1n) is 8.41. The fourth-order valence-electron chi connectivity index (χ4n) is 3.05. The average Bonchev–Trinajstić information content (AvgIpc) is 3.08. The first-order chi connectivity index (χ1) is 11.5. The van der Waals surface area contributed by atoms with Crippen molar-refractivity contribution in [3.05, 3.63) is 23.8 Å². The number of carbonyl (C=O) groups excluding carboxylic acids is 2. The van der Waals surface area contributed by atoms with E-state index in [9.17, 15) is 9.59 Å². The molecule has 1 aromatic rings. The van der Waals surface area contributed by atoms with E-state index in [-0.39, 0.29) is 18.4 Å². The van der Waals surface area contributed by atoms with E-state index in [2.05, 4.69) is 15.5 Å². The molecule has 2 N–H and O–H groups in total. The van der Waals surface area contributed by atoms with E-state index in [1.165, 1.54) is 12.8 Å². The van der Waals surface area contributed by atoms with Gasteiger partial charge in [0.1, 0.15) is 5.75 Å². The van der Waals surface area contributed by atoms with Crippen LogP contribution in [0.4, 0.5) is 5.69 Å². The number of ether oxygens (including phenoxy) is 1. The lowest BCUT2D eigenvalue weighted by molar-refractivity contribution is -0.125. The Balaban J connectivity index is 1.78. The monoisotopic (exact) mass is 333 g/mol. The van der Waals surface area contributed by atoms with E-state index >= 15 is 0 Å². The van der Waals surface area contributed by atoms with Crippen molar-refractivity contribution in [1.29, 1.82) is 0 Å². The van der Waals surface area contributed by atoms with Crippen molar-refractivity contribution in [2.45, 2.75) is 38.6 Å². The molecule has 6 heteroatoms. The lowest BCUT2D eigenvalue weighted by atomic mass is 10.2. The van der Waals surface area contributed by atoms with E-state index in [1.54, 1.807) is 13.2 Å². The van der Waals surface area contributed by atoms with Gasteiger partial charge in [-0.05, 0) is 44.5 Å². The summed E-state index contributed by atoms with van der Waals surface area (Å²) >= 11 is 0. The zero-order valence-corrected chi connectivity index (χ0v) is 14.7. The molecule has 0 bridgehead atoms. The highest BCUT2D eigenvalue weighted by molar-refractivity contribution is 5.96. The van der Waals surface area contributed by atoms with Crippen LogP contribution >= 0.6 is 0 Å². The molecule has 1 aliphatic rings. The van der Waals surface area contributed by atoms with Gasteiger partial charge < -0.3 is 15.4 Å². The minimum Gasteiger partial charge on any atom is -0.495 e. The summed E-state index contributed by atoms with van der Waals surface area (Å²) in [5.74, 6) is 0.202. The Labute approximate surface area is 143 Å². The quantitative estimate of drug-likeness (QED) is 0.800. The highest BCUT2D eigenvalue weighted by Crippen LogP contribution is 2.25. The minimum atomic E-state index is -0.268. The van der Waals surface area contributed by atoms with Crippen LogP contribution in [0.5, 0.6) is 5.75 Å². The summed E-state index contributed by atoms with van der Waals surface area (Å²) in [4.78, 5) is 26.1. The van der Waals surface area contributed by atoms with Crippen molar-refractivity contribution in [3.63, 3.8) is 0 Å². The number of rotatable bonds is 7. The summed E-state index contributed by atoms with van der Waals surface area (Å²) < 4.78 is 5.23. The smallest absolute Gasteiger partial charge is 0.243 e. The topological polar surface area (TPSA) is 70.7 Å². The molecular weight excluding hydrogens is 306 g/mol. The summed E-state index contributed by atoms with van der Waals surface area (Å²) in [6, 6.07) is 6.04. The molecule has 132 valence electrons. The molecule has 0 aromatic heterocycles. The van der Waals surface area contributed by atoms with Crippen LogP contribution in [-0.2, 0) is 9.59 Å². The fraction of sp³-hybridized carbons (Fsp3) is 0.556. The lowest BCUT2D eigenvalue weighted by Gasteiger charge is -2.23. The Bertz CT molecular complexity index is 583. The number of aryl methyl sites for hydroxylation is 1. The van der Waals surface area contributed by atoms with Crippen LogP contribution < -0.4 is 15.4 Å². The first kappa shape index (κ1) is 18.3. The molecule has 0 saturated heterocycles. The van der Waals surface area contributed by atoms with E-state index in [0.29, 0.717) is 24.0 Å². The number of nitrogens with zero attached hydrogens (tertiary/aromatic N) is 1. The fourth-order valence-corrected chi connectivity index (χ4v) is 3.05. The van der Waals surface area contributed by atoms with Crippen molar-refractivity contribution in [3.8, 4) is 5.75 Å². The number of amides is 2. The van der Waals surface area contributed by atoms with E-state index in [1.807, 2.05) is 26.1 Å². The third-order valence-corrected chi connectivity index (χ3v) is 4.42. The molecule has 1 aromatic carbocycles. The third kappa shape index (κ3) is 5.23. The predicted molar refractivity (Wildman–Crippen MR) is 94.3 cm³/mol. The number of nitrogens with one attached hydrogen (secondary N) is 2. The van der Waals surface area contributed by atoms with Crippen molar-refractivity contribution < 1.29 is 14.3 Å². The molecule has 1 saturated carbocycles.